The average molecular weight is 266 g/mol. The normalized spacial score (nSPS) is 12.5. The molecule has 0 aliphatic heterocycles. The Morgan fingerprint density at radius 1 is 0.842 bits per heavy atom. The molecule has 0 bridgehead atoms. The molecule has 2 aromatic carbocycles. The van der Waals surface area contributed by atoms with Crippen molar-refractivity contribution in [1.82, 2.24) is 0 Å². The topological polar surface area (TPSA) is 20.2 Å². The summed E-state index contributed by atoms with van der Waals surface area (Å²) in [5.74, 6) is -2.00. The lowest BCUT2D eigenvalue weighted by Crippen LogP contribution is -2.05. The Bertz CT molecular complexity index is 623. The van der Waals surface area contributed by atoms with Gasteiger partial charge in [-0.3, -0.25) is 0 Å². The minimum absolute atomic E-state index is 0.0675. The number of halogens is 3. The average Bonchev–Trinajstić information content (AvgIpc) is 2.36. The monoisotopic (exact) mass is 266 g/mol. The summed E-state index contributed by atoms with van der Waals surface area (Å²) in [6, 6.07) is 6.12. The van der Waals surface area contributed by atoms with Gasteiger partial charge in [0.2, 0.25) is 0 Å². The van der Waals surface area contributed by atoms with Gasteiger partial charge in [-0.2, -0.15) is 0 Å². The summed E-state index contributed by atoms with van der Waals surface area (Å²) in [5.41, 5.74) is 0.824. The van der Waals surface area contributed by atoms with Gasteiger partial charge in [-0.05, 0) is 42.7 Å². The highest BCUT2D eigenvalue weighted by Gasteiger charge is 2.18. The van der Waals surface area contributed by atoms with Crippen molar-refractivity contribution in [1.29, 1.82) is 0 Å². The minimum atomic E-state index is -1.32. The Morgan fingerprint density at radius 3 is 2.11 bits per heavy atom. The van der Waals surface area contributed by atoms with Crippen molar-refractivity contribution in [2.75, 3.05) is 0 Å². The Labute approximate surface area is 109 Å². The van der Waals surface area contributed by atoms with Crippen LogP contribution >= 0.6 is 0 Å². The number of benzene rings is 2. The summed E-state index contributed by atoms with van der Waals surface area (Å²) < 4.78 is 40.2. The molecule has 0 saturated carbocycles. The Hall–Kier alpha value is -1.81. The maximum Gasteiger partial charge on any atom is 0.132 e. The molecular formula is C15H13F3O. The first-order valence-corrected chi connectivity index (χ1v) is 5.80. The molecular weight excluding hydrogens is 253 g/mol. The molecule has 0 aliphatic rings. The van der Waals surface area contributed by atoms with Crippen LogP contribution < -0.4 is 0 Å². The third-order valence-electron chi connectivity index (χ3n) is 3.08. The van der Waals surface area contributed by atoms with Gasteiger partial charge in [0.25, 0.3) is 0 Å². The van der Waals surface area contributed by atoms with E-state index in [4.69, 9.17) is 0 Å². The fraction of sp³-hybridized carbons (Fsp3) is 0.200. The smallest absolute Gasteiger partial charge is 0.132 e. The second kappa shape index (κ2) is 5.05. The van der Waals surface area contributed by atoms with Crippen molar-refractivity contribution < 1.29 is 18.3 Å². The molecule has 1 atom stereocenters. The maximum absolute atomic E-state index is 13.7. The zero-order valence-electron chi connectivity index (χ0n) is 10.5. The van der Waals surface area contributed by atoms with E-state index < -0.39 is 23.6 Å². The van der Waals surface area contributed by atoms with Crippen molar-refractivity contribution >= 4 is 0 Å². The molecule has 0 saturated heterocycles. The summed E-state index contributed by atoms with van der Waals surface area (Å²) in [7, 11) is 0. The molecule has 2 rings (SSSR count). The molecule has 1 N–H and O–H groups in total. The molecule has 1 nitrogen and oxygen atoms in total. The highest BCUT2D eigenvalue weighted by Crippen LogP contribution is 2.27. The largest absolute Gasteiger partial charge is 0.384 e. The van der Waals surface area contributed by atoms with Crippen LogP contribution in [0.4, 0.5) is 13.2 Å². The summed E-state index contributed by atoms with van der Waals surface area (Å²) in [4.78, 5) is 0. The second-order valence-electron chi connectivity index (χ2n) is 4.53. The van der Waals surface area contributed by atoms with Crippen LogP contribution in [0.2, 0.25) is 0 Å². The van der Waals surface area contributed by atoms with Gasteiger partial charge < -0.3 is 5.11 Å². The predicted octanol–water partition coefficient (Wildman–Crippen LogP) is 3.80. The number of hydrogen-bond donors (Lipinski definition) is 1. The number of rotatable bonds is 2. The van der Waals surface area contributed by atoms with Gasteiger partial charge in [0.15, 0.2) is 0 Å². The fourth-order valence-electron chi connectivity index (χ4n) is 1.85. The molecule has 100 valence electrons. The summed E-state index contributed by atoms with van der Waals surface area (Å²) in [5, 5.41) is 10.1. The van der Waals surface area contributed by atoms with Crippen molar-refractivity contribution in [3.8, 4) is 0 Å². The van der Waals surface area contributed by atoms with Crippen LogP contribution in [0.3, 0.4) is 0 Å². The lowest BCUT2D eigenvalue weighted by atomic mass is 9.98. The summed E-state index contributed by atoms with van der Waals surface area (Å²) in [6.45, 7) is 3.06. The molecule has 0 aliphatic carbocycles. The van der Waals surface area contributed by atoms with E-state index >= 15 is 0 Å². The van der Waals surface area contributed by atoms with Crippen molar-refractivity contribution in [3.05, 3.63) is 70.0 Å². The highest BCUT2D eigenvalue weighted by molar-refractivity contribution is 5.35. The number of aliphatic hydroxyl groups is 1. The number of aryl methyl sites for hydroxylation is 2. The van der Waals surface area contributed by atoms with E-state index in [2.05, 4.69) is 0 Å². The van der Waals surface area contributed by atoms with E-state index in [-0.39, 0.29) is 16.7 Å². The van der Waals surface area contributed by atoms with E-state index in [1.807, 2.05) is 0 Å². The second-order valence-corrected chi connectivity index (χ2v) is 4.53. The van der Waals surface area contributed by atoms with Gasteiger partial charge in [-0.25, -0.2) is 13.2 Å². The lowest BCUT2D eigenvalue weighted by molar-refractivity contribution is 0.214. The minimum Gasteiger partial charge on any atom is -0.384 e. The van der Waals surface area contributed by atoms with Gasteiger partial charge in [-0.15, -0.1) is 0 Å². The van der Waals surface area contributed by atoms with Crippen LogP contribution in [0.25, 0.3) is 0 Å². The molecule has 2 aromatic rings. The van der Waals surface area contributed by atoms with Crippen LogP contribution in [0.1, 0.15) is 28.4 Å². The molecule has 0 aromatic heterocycles. The van der Waals surface area contributed by atoms with E-state index in [0.717, 1.165) is 12.1 Å². The summed E-state index contributed by atoms with van der Waals surface area (Å²) >= 11 is 0. The lowest BCUT2D eigenvalue weighted by Gasteiger charge is -2.14. The van der Waals surface area contributed by atoms with Gasteiger partial charge in [0.05, 0.1) is 0 Å². The molecule has 19 heavy (non-hydrogen) atoms. The quantitative estimate of drug-likeness (QED) is 0.876. The molecule has 1 unspecified atom stereocenters. The number of hydrogen-bond acceptors (Lipinski definition) is 1. The predicted molar refractivity (Wildman–Crippen MR) is 66.3 cm³/mol. The molecule has 0 amide bonds. The van der Waals surface area contributed by atoms with Gasteiger partial charge in [0, 0.05) is 11.6 Å². The molecule has 0 spiro atoms. The van der Waals surface area contributed by atoms with Crippen LogP contribution in [0.15, 0.2) is 30.3 Å². The Morgan fingerprint density at radius 2 is 1.47 bits per heavy atom. The Balaban J connectivity index is 2.46. The first-order chi connectivity index (χ1) is 8.90. The van der Waals surface area contributed by atoms with Crippen LogP contribution in [0, 0.1) is 31.3 Å². The third-order valence-corrected chi connectivity index (χ3v) is 3.08. The van der Waals surface area contributed by atoms with E-state index in [0.29, 0.717) is 5.56 Å². The van der Waals surface area contributed by atoms with E-state index in [9.17, 15) is 18.3 Å². The Kier molecular flexibility index (Phi) is 3.62. The highest BCUT2D eigenvalue weighted by atomic mass is 19.1. The summed E-state index contributed by atoms with van der Waals surface area (Å²) in [6.07, 6.45) is -1.32. The first kappa shape index (κ1) is 13.6. The number of aliphatic hydroxyl groups excluding tert-OH is 1. The first-order valence-electron chi connectivity index (χ1n) is 5.80. The van der Waals surface area contributed by atoms with Gasteiger partial charge in [-0.1, -0.05) is 12.1 Å². The van der Waals surface area contributed by atoms with Gasteiger partial charge >= 0.3 is 0 Å². The maximum atomic E-state index is 13.7. The van der Waals surface area contributed by atoms with Crippen molar-refractivity contribution in [3.63, 3.8) is 0 Å². The fourth-order valence-corrected chi connectivity index (χ4v) is 1.85. The van der Waals surface area contributed by atoms with E-state index in [1.165, 1.54) is 25.1 Å². The van der Waals surface area contributed by atoms with Gasteiger partial charge in [0.1, 0.15) is 23.6 Å². The molecule has 0 fully saturated rings. The van der Waals surface area contributed by atoms with Crippen LogP contribution in [0.5, 0.6) is 0 Å². The zero-order valence-corrected chi connectivity index (χ0v) is 10.5. The molecule has 0 radical (unpaired) electrons. The SMILES string of the molecule is Cc1ccc(C(O)c2cc(C)c(F)cc2F)cc1F. The molecule has 0 heterocycles. The van der Waals surface area contributed by atoms with Crippen LogP contribution in [-0.4, -0.2) is 5.11 Å². The van der Waals surface area contributed by atoms with Crippen molar-refractivity contribution in [2.24, 2.45) is 0 Å². The third kappa shape index (κ3) is 2.63. The van der Waals surface area contributed by atoms with E-state index in [1.54, 1.807) is 6.92 Å². The molecule has 4 heteroatoms. The van der Waals surface area contributed by atoms with Crippen LogP contribution in [-0.2, 0) is 0 Å². The standard InChI is InChI=1S/C15H13F3O/c1-8-3-4-10(6-12(8)16)15(19)11-5-9(2)13(17)7-14(11)18/h3-7,15,19H,1-2H3. The zero-order chi connectivity index (χ0) is 14.2. The van der Waals surface area contributed by atoms with Crippen molar-refractivity contribution in [2.45, 2.75) is 20.0 Å².